The molecular weight excluding hydrogens is 372 g/mol. The van der Waals surface area contributed by atoms with Crippen LogP contribution in [0.2, 0.25) is 0 Å². The lowest BCUT2D eigenvalue weighted by atomic mass is 9.91. The van der Waals surface area contributed by atoms with Gasteiger partial charge in [0.15, 0.2) is 10.5 Å². The highest BCUT2D eigenvalue weighted by Crippen LogP contribution is 2.41. The molecule has 0 amide bonds. The van der Waals surface area contributed by atoms with Gasteiger partial charge < -0.3 is 9.52 Å². The number of carboxylic acid groups (broad SMARTS) is 1. The average Bonchev–Trinajstić information content (AvgIpc) is 2.72. The maximum Gasteiger partial charge on any atom is 0.339 e. The molecule has 1 N–H and O–H groups in total. The van der Waals surface area contributed by atoms with Crippen molar-refractivity contribution in [2.24, 2.45) is 10.2 Å². The first kappa shape index (κ1) is 17.7. The van der Waals surface area contributed by atoms with Crippen LogP contribution >= 0.6 is 0 Å². The Morgan fingerprint density at radius 2 is 1.90 bits per heavy atom. The lowest BCUT2D eigenvalue weighted by Crippen LogP contribution is -2.04. The van der Waals surface area contributed by atoms with E-state index >= 15 is 0 Å². The molecule has 9 nitrogen and oxygen atoms in total. The molecule has 0 unspecified atom stereocenters. The lowest BCUT2D eigenvalue weighted by Gasteiger charge is -2.16. The third-order valence-electron chi connectivity index (χ3n) is 4.44. The van der Waals surface area contributed by atoms with Crippen LogP contribution in [0, 0.1) is 5.39 Å². The first-order chi connectivity index (χ1) is 14.1. The van der Waals surface area contributed by atoms with Gasteiger partial charge in [-0.05, 0) is 35.4 Å². The molecule has 0 saturated heterocycles. The summed E-state index contributed by atoms with van der Waals surface area (Å²) >= 11 is 0. The molecule has 0 aromatic heterocycles. The Morgan fingerprint density at radius 3 is 2.66 bits per heavy atom. The molecule has 2 aliphatic rings. The van der Waals surface area contributed by atoms with E-state index in [1.165, 1.54) is 6.07 Å². The summed E-state index contributed by atoms with van der Waals surface area (Å²) in [5.41, 5.74) is 11.4. The van der Waals surface area contributed by atoms with Crippen LogP contribution in [0.15, 0.2) is 75.3 Å². The fourth-order valence-electron chi connectivity index (χ4n) is 3.27. The van der Waals surface area contributed by atoms with Crippen LogP contribution < -0.4 is 5.36 Å². The van der Waals surface area contributed by atoms with E-state index in [0.29, 0.717) is 44.5 Å². The van der Waals surface area contributed by atoms with E-state index in [2.05, 4.69) is 20.2 Å². The van der Waals surface area contributed by atoms with Gasteiger partial charge in [0.05, 0.1) is 5.56 Å². The molecular formula is C20H11N6O3+. The zero-order chi connectivity index (χ0) is 20.4. The summed E-state index contributed by atoms with van der Waals surface area (Å²) < 4.78 is 5.97. The molecule has 4 rings (SSSR count). The molecule has 1 aliphatic heterocycles. The lowest BCUT2D eigenvalue weighted by molar-refractivity contribution is 0.0697. The van der Waals surface area contributed by atoms with Crippen LogP contribution in [0.1, 0.15) is 10.4 Å². The van der Waals surface area contributed by atoms with Crippen LogP contribution in [0.25, 0.3) is 48.9 Å². The third kappa shape index (κ3) is 3.12. The van der Waals surface area contributed by atoms with Gasteiger partial charge in [-0.25, -0.2) is 4.79 Å². The number of benzene rings is 3. The average molecular weight is 383 g/mol. The molecule has 0 saturated carbocycles. The van der Waals surface area contributed by atoms with Crippen molar-refractivity contribution in [1.82, 2.24) is 0 Å². The summed E-state index contributed by atoms with van der Waals surface area (Å²) in [6.45, 7) is 0. The van der Waals surface area contributed by atoms with Gasteiger partial charge in [0.25, 0.3) is 5.39 Å². The van der Waals surface area contributed by atoms with E-state index < -0.39 is 5.97 Å². The maximum absolute atomic E-state index is 11.8. The molecule has 0 bridgehead atoms. The standard InChI is InChI=1S/C20H10N6O3/c21-25-23-11-5-7-15-17(9-11)29-18-10-12(24-26-22)6-8-16(18)19(15)13-3-1-2-4-14(13)20(27)28/h1-10H/p+1. The number of hydrogen-bond acceptors (Lipinski definition) is 5. The third-order valence-corrected chi connectivity index (χ3v) is 4.44. The van der Waals surface area contributed by atoms with Crippen molar-refractivity contribution in [2.45, 2.75) is 0 Å². The summed E-state index contributed by atoms with van der Waals surface area (Å²) in [7, 11) is 0. The summed E-state index contributed by atoms with van der Waals surface area (Å²) in [6, 6.07) is 16.5. The van der Waals surface area contributed by atoms with Gasteiger partial charge in [0.1, 0.15) is 11.3 Å². The first-order valence-electron chi connectivity index (χ1n) is 8.39. The Labute approximate surface area is 162 Å². The SMILES string of the molecule is N#[N+]N=c1ccc2c(-c3ccccc3C(=O)O)c3ccc(N=[N+]=[N-])cc3oc-2c1. The second-order valence-electron chi connectivity index (χ2n) is 6.07. The van der Waals surface area contributed by atoms with Gasteiger partial charge in [-0.2, -0.15) is 0 Å². The second-order valence-corrected chi connectivity index (χ2v) is 6.07. The molecule has 0 fully saturated rings. The van der Waals surface area contributed by atoms with Gasteiger partial charge in [-0.1, -0.05) is 35.4 Å². The van der Waals surface area contributed by atoms with Crippen molar-refractivity contribution >= 4 is 22.6 Å². The van der Waals surface area contributed by atoms with Crippen LogP contribution in [0.3, 0.4) is 0 Å². The largest absolute Gasteiger partial charge is 0.478 e. The fourth-order valence-corrected chi connectivity index (χ4v) is 3.27. The quantitative estimate of drug-likeness (QED) is 0.124. The van der Waals surface area contributed by atoms with Crippen LogP contribution in [-0.4, -0.2) is 11.1 Å². The number of carboxylic acids is 1. The Hall–Kier alpha value is -4.67. The number of carbonyl (C=O) groups is 1. The van der Waals surface area contributed by atoms with Gasteiger partial charge >= 0.3 is 11.1 Å². The van der Waals surface area contributed by atoms with Crippen LogP contribution in [-0.2, 0) is 0 Å². The fraction of sp³-hybridized carbons (Fsp3) is 0. The zero-order valence-corrected chi connectivity index (χ0v) is 14.7. The number of hydrogen-bond donors (Lipinski definition) is 1. The number of rotatable bonds is 3. The maximum atomic E-state index is 11.8. The number of aromatic carboxylic acids is 1. The van der Waals surface area contributed by atoms with Gasteiger partial charge in [-0.3, -0.25) is 0 Å². The highest BCUT2D eigenvalue weighted by molar-refractivity contribution is 6.07. The summed E-state index contributed by atoms with van der Waals surface area (Å²) in [5.74, 6) is -0.658. The number of nitrogens with zero attached hydrogens (tertiary/aromatic N) is 6. The van der Waals surface area contributed by atoms with Crippen molar-refractivity contribution in [1.29, 1.82) is 5.39 Å². The first-order valence-corrected chi connectivity index (χ1v) is 8.39. The molecule has 0 radical (unpaired) electrons. The van der Waals surface area contributed by atoms with Crippen LogP contribution in [0.4, 0.5) is 5.69 Å². The summed E-state index contributed by atoms with van der Waals surface area (Å²) in [4.78, 5) is 14.6. The van der Waals surface area contributed by atoms with Crippen molar-refractivity contribution in [3.8, 4) is 22.5 Å². The Kier molecular flexibility index (Phi) is 4.37. The molecule has 2 aromatic carbocycles. The van der Waals surface area contributed by atoms with Crippen molar-refractivity contribution in [2.75, 3.05) is 0 Å². The molecule has 29 heavy (non-hydrogen) atoms. The predicted molar refractivity (Wildman–Crippen MR) is 105 cm³/mol. The van der Waals surface area contributed by atoms with Gasteiger partial charge in [0.2, 0.25) is 0 Å². The number of fused-ring (bicyclic) bond motifs is 2. The smallest absolute Gasteiger partial charge is 0.339 e. The minimum atomic E-state index is -1.06. The van der Waals surface area contributed by atoms with E-state index in [-0.39, 0.29) is 5.56 Å². The van der Waals surface area contributed by atoms with E-state index in [0.717, 1.165) is 0 Å². The Balaban J connectivity index is 2.19. The van der Waals surface area contributed by atoms with Gasteiger partial charge in [0, 0.05) is 33.2 Å². The summed E-state index contributed by atoms with van der Waals surface area (Å²) in [5, 5.41) is 29.3. The molecule has 9 heteroatoms. The van der Waals surface area contributed by atoms with Crippen molar-refractivity contribution in [3.63, 3.8) is 0 Å². The van der Waals surface area contributed by atoms with E-state index in [4.69, 9.17) is 15.3 Å². The minimum absolute atomic E-state index is 0.138. The summed E-state index contributed by atoms with van der Waals surface area (Å²) in [6.07, 6.45) is 0. The minimum Gasteiger partial charge on any atom is -0.478 e. The number of diazo groups is 1. The topological polar surface area (TPSA) is 140 Å². The van der Waals surface area contributed by atoms with Gasteiger partial charge in [-0.15, -0.1) is 0 Å². The Bertz CT molecular complexity index is 1410. The van der Waals surface area contributed by atoms with E-state index in [1.54, 1.807) is 54.6 Å². The Morgan fingerprint density at radius 1 is 1.07 bits per heavy atom. The number of azide groups is 1. The van der Waals surface area contributed by atoms with Crippen molar-refractivity contribution in [3.05, 3.63) is 87.1 Å². The molecule has 1 heterocycles. The van der Waals surface area contributed by atoms with Crippen molar-refractivity contribution < 1.29 is 14.3 Å². The molecule has 138 valence electrons. The highest BCUT2D eigenvalue weighted by Gasteiger charge is 2.21. The van der Waals surface area contributed by atoms with E-state index in [1.807, 2.05) is 0 Å². The van der Waals surface area contributed by atoms with E-state index in [9.17, 15) is 9.90 Å². The molecule has 0 spiro atoms. The molecule has 2 aromatic rings. The zero-order valence-electron chi connectivity index (χ0n) is 14.7. The predicted octanol–water partition coefficient (Wildman–Crippen LogP) is 5.51. The molecule has 0 atom stereocenters. The normalized spacial score (nSPS) is 11.2. The monoisotopic (exact) mass is 383 g/mol. The highest BCUT2D eigenvalue weighted by atomic mass is 16.4. The second kappa shape index (κ2) is 7.15. The molecule has 1 aliphatic carbocycles. The van der Waals surface area contributed by atoms with Crippen LogP contribution in [0.5, 0.6) is 0 Å².